The summed E-state index contributed by atoms with van der Waals surface area (Å²) in [6.45, 7) is 4.74. The number of amides is 1. The predicted molar refractivity (Wildman–Crippen MR) is 101 cm³/mol. The van der Waals surface area contributed by atoms with Gasteiger partial charge in [0.1, 0.15) is 17.3 Å². The Balaban J connectivity index is 1.30. The van der Waals surface area contributed by atoms with Crippen molar-refractivity contribution in [3.05, 3.63) is 60.4 Å². The molecule has 1 fully saturated rings. The molecule has 1 amide bonds. The summed E-state index contributed by atoms with van der Waals surface area (Å²) in [5.41, 5.74) is 0. The molecule has 0 radical (unpaired) electrons. The van der Waals surface area contributed by atoms with Crippen LogP contribution in [0.5, 0.6) is 11.5 Å². The Morgan fingerprint density at radius 2 is 1.56 bits per heavy atom. The summed E-state index contributed by atoms with van der Waals surface area (Å²) in [6.07, 6.45) is 0.955. The molecule has 0 bridgehead atoms. The molecule has 0 unspecified atom stereocenters. The fourth-order valence-corrected chi connectivity index (χ4v) is 2.98. The van der Waals surface area contributed by atoms with Crippen molar-refractivity contribution in [1.29, 1.82) is 0 Å². The maximum Gasteiger partial charge on any atom is 0.260 e. The molecule has 0 atom stereocenters. The number of para-hydroxylation sites is 1. The third-order valence-corrected chi connectivity index (χ3v) is 4.53. The van der Waals surface area contributed by atoms with Gasteiger partial charge in [0, 0.05) is 32.7 Å². The quantitative estimate of drug-likeness (QED) is 0.669. The molecule has 3 rings (SSSR count). The lowest BCUT2D eigenvalue weighted by Gasteiger charge is -2.34. The van der Waals surface area contributed by atoms with Crippen LogP contribution in [-0.4, -0.2) is 61.6 Å². The van der Waals surface area contributed by atoms with Gasteiger partial charge in [0.25, 0.3) is 5.91 Å². The lowest BCUT2D eigenvalue weighted by atomic mass is 10.3. The van der Waals surface area contributed by atoms with Crippen LogP contribution in [-0.2, 0) is 4.79 Å². The SMILES string of the molecule is O=C(COc1ccc(F)cc1)N1CCN(CCCOc2ccccc2)CC1. The van der Waals surface area contributed by atoms with Crippen molar-refractivity contribution in [2.75, 3.05) is 45.9 Å². The second kappa shape index (κ2) is 9.92. The minimum atomic E-state index is -0.320. The maximum absolute atomic E-state index is 12.9. The number of rotatable bonds is 8. The first-order valence-electron chi connectivity index (χ1n) is 9.27. The molecule has 2 aromatic carbocycles. The van der Waals surface area contributed by atoms with E-state index in [1.54, 1.807) is 0 Å². The fraction of sp³-hybridized carbons (Fsp3) is 0.381. The number of halogens is 1. The van der Waals surface area contributed by atoms with Crippen molar-refractivity contribution in [2.24, 2.45) is 0 Å². The molecule has 1 aliphatic rings. The average molecular weight is 372 g/mol. The first kappa shape index (κ1) is 19.2. The summed E-state index contributed by atoms with van der Waals surface area (Å²) in [7, 11) is 0. The fourth-order valence-electron chi connectivity index (χ4n) is 2.98. The molecule has 144 valence electrons. The molecule has 5 nitrogen and oxygen atoms in total. The lowest BCUT2D eigenvalue weighted by Crippen LogP contribution is -2.50. The molecule has 27 heavy (non-hydrogen) atoms. The standard InChI is InChI=1S/C21H25FN2O3/c22-18-7-9-20(10-8-18)27-17-21(25)24-14-12-23(13-15-24)11-4-16-26-19-5-2-1-3-6-19/h1-3,5-10H,4,11-17H2. The zero-order chi connectivity index (χ0) is 18.9. The second-order valence-electron chi connectivity index (χ2n) is 6.48. The summed E-state index contributed by atoms with van der Waals surface area (Å²) in [6, 6.07) is 15.5. The van der Waals surface area contributed by atoms with Crippen LogP contribution in [0, 0.1) is 5.82 Å². The van der Waals surface area contributed by atoms with E-state index < -0.39 is 0 Å². The van der Waals surface area contributed by atoms with E-state index in [0.717, 1.165) is 31.8 Å². The Morgan fingerprint density at radius 3 is 2.26 bits per heavy atom. The van der Waals surface area contributed by atoms with E-state index in [4.69, 9.17) is 9.47 Å². The van der Waals surface area contributed by atoms with E-state index >= 15 is 0 Å². The van der Waals surface area contributed by atoms with Crippen molar-refractivity contribution < 1.29 is 18.7 Å². The highest BCUT2D eigenvalue weighted by Gasteiger charge is 2.21. The monoisotopic (exact) mass is 372 g/mol. The number of benzene rings is 2. The van der Waals surface area contributed by atoms with E-state index in [1.807, 2.05) is 35.2 Å². The van der Waals surface area contributed by atoms with Gasteiger partial charge < -0.3 is 14.4 Å². The molecule has 0 aliphatic carbocycles. The topological polar surface area (TPSA) is 42.0 Å². The predicted octanol–water partition coefficient (Wildman–Crippen LogP) is 2.82. The van der Waals surface area contributed by atoms with Crippen molar-refractivity contribution in [3.63, 3.8) is 0 Å². The molecular weight excluding hydrogens is 347 g/mol. The summed E-state index contributed by atoms with van der Waals surface area (Å²) in [4.78, 5) is 16.4. The number of hydrogen-bond acceptors (Lipinski definition) is 4. The first-order chi connectivity index (χ1) is 13.2. The van der Waals surface area contributed by atoms with E-state index in [-0.39, 0.29) is 18.3 Å². The maximum atomic E-state index is 12.9. The van der Waals surface area contributed by atoms with Crippen LogP contribution in [0.2, 0.25) is 0 Å². The molecule has 6 heteroatoms. The van der Waals surface area contributed by atoms with Crippen LogP contribution < -0.4 is 9.47 Å². The van der Waals surface area contributed by atoms with E-state index in [9.17, 15) is 9.18 Å². The lowest BCUT2D eigenvalue weighted by molar-refractivity contribution is -0.135. The molecule has 0 aromatic heterocycles. The Kier molecular flexibility index (Phi) is 7.04. The van der Waals surface area contributed by atoms with Gasteiger partial charge in [-0.15, -0.1) is 0 Å². The van der Waals surface area contributed by atoms with Crippen molar-refractivity contribution in [2.45, 2.75) is 6.42 Å². The van der Waals surface area contributed by atoms with Crippen molar-refractivity contribution in [1.82, 2.24) is 9.80 Å². The molecule has 2 aromatic rings. The summed E-state index contributed by atoms with van der Waals surface area (Å²) < 4.78 is 24.0. The zero-order valence-corrected chi connectivity index (χ0v) is 15.4. The molecule has 1 aliphatic heterocycles. The van der Waals surface area contributed by atoms with Crippen LogP contribution in [0.1, 0.15) is 6.42 Å². The van der Waals surface area contributed by atoms with Gasteiger partial charge in [-0.05, 0) is 42.8 Å². The first-order valence-corrected chi connectivity index (χ1v) is 9.27. The van der Waals surface area contributed by atoms with E-state index in [0.29, 0.717) is 25.4 Å². The highest BCUT2D eigenvalue weighted by atomic mass is 19.1. The largest absolute Gasteiger partial charge is 0.494 e. The highest BCUT2D eigenvalue weighted by Crippen LogP contribution is 2.12. The number of hydrogen-bond donors (Lipinski definition) is 0. The van der Waals surface area contributed by atoms with Crippen LogP contribution in [0.25, 0.3) is 0 Å². The normalized spacial score (nSPS) is 14.8. The highest BCUT2D eigenvalue weighted by molar-refractivity contribution is 5.77. The van der Waals surface area contributed by atoms with Gasteiger partial charge in [0.2, 0.25) is 0 Å². The van der Waals surface area contributed by atoms with E-state index in [1.165, 1.54) is 24.3 Å². The average Bonchev–Trinajstić information content (AvgIpc) is 2.72. The number of carbonyl (C=O) groups is 1. The van der Waals surface area contributed by atoms with E-state index in [2.05, 4.69) is 4.90 Å². The van der Waals surface area contributed by atoms with Crippen LogP contribution in [0.4, 0.5) is 4.39 Å². The van der Waals surface area contributed by atoms with Gasteiger partial charge in [-0.2, -0.15) is 0 Å². The minimum absolute atomic E-state index is 0.0173. The van der Waals surface area contributed by atoms with Gasteiger partial charge in [-0.1, -0.05) is 18.2 Å². The Hall–Kier alpha value is -2.60. The van der Waals surface area contributed by atoms with Gasteiger partial charge >= 0.3 is 0 Å². The zero-order valence-electron chi connectivity index (χ0n) is 15.4. The second-order valence-corrected chi connectivity index (χ2v) is 6.48. The number of ether oxygens (including phenoxy) is 2. The number of piperazine rings is 1. The summed E-state index contributed by atoms with van der Waals surface area (Å²) >= 11 is 0. The Bertz CT molecular complexity index is 701. The van der Waals surface area contributed by atoms with Gasteiger partial charge in [0.05, 0.1) is 6.61 Å². The third-order valence-electron chi connectivity index (χ3n) is 4.53. The number of carbonyl (C=O) groups excluding carboxylic acids is 1. The van der Waals surface area contributed by atoms with Gasteiger partial charge in [0.15, 0.2) is 6.61 Å². The van der Waals surface area contributed by atoms with Crippen LogP contribution in [0.3, 0.4) is 0 Å². The molecule has 1 saturated heterocycles. The molecule has 0 saturated carbocycles. The molecule has 0 spiro atoms. The smallest absolute Gasteiger partial charge is 0.260 e. The Labute approximate surface area is 159 Å². The summed E-state index contributed by atoms with van der Waals surface area (Å²) in [5, 5.41) is 0. The van der Waals surface area contributed by atoms with Crippen LogP contribution >= 0.6 is 0 Å². The van der Waals surface area contributed by atoms with Gasteiger partial charge in [-0.3, -0.25) is 9.69 Å². The Morgan fingerprint density at radius 1 is 0.889 bits per heavy atom. The summed E-state index contributed by atoms with van der Waals surface area (Å²) in [5.74, 6) is 1.04. The molecule has 0 N–H and O–H groups in total. The minimum Gasteiger partial charge on any atom is -0.494 e. The van der Waals surface area contributed by atoms with Crippen LogP contribution in [0.15, 0.2) is 54.6 Å². The van der Waals surface area contributed by atoms with Crippen molar-refractivity contribution in [3.8, 4) is 11.5 Å². The van der Waals surface area contributed by atoms with Crippen molar-refractivity contribution >= 4 is 5.91 Å². The molecule has 1 heterocycles. The number of nitrogens with zero attached hydrogens (tertiary/aromatic N) is 2. The van der Waals surface area contributed by atoms with Gasteiger partial charge in [-0.25, -0.2) is 4.39 Å². The third kappa shape index (κ3) is 6.25. The molecular formula is C21H25FN2O3.